The van der Waals surface area contributed by atoms with Gasteiger partial charge in [-0.15, -0.1) is 0 Å². The molecule has 0 saturated carbocycles. The summed E-state index contributed by atoms with van der Waals surface area (Å²) < 4.78 is 16.8. The number of rotatable bonds is 49. The highest BCUT2D eigenvalue weighted by atomic mass is 16.6. The summed E-state index contributed by atoms with van der Waals surface area (Å²) in [7, 11) is 0. The first-order chi connectivity index (χ1) is 34.5. The van der Waals surface area contributed by atoms with Gasteiger partial charge in [0.15, 0.2) is 6.10 Å². The van der Waals surface area contributed by atoms with E-state index in [1.54, 1.807) is 0 Å². The van der Waals surface area contributed by atoms with Crippen LogP contribution in [0.3, 0.4) is 0 Å². The molecule has 0 aliphatic heterocycles. The smallest absolute Gasteiger partial charge is 0.306 e. The summed E-state index contributed by atoms with van der Waals surface area (Å²) in [5.74, 6) is -0.954. The van der Waals surface area contributed by atoms with E-state index in [1.165, 1.54) is 12.8 Å². The molecule has 0 rings (SSSR count). The Morgan fingerprint density at radius 3 is 0.886 bits per heavy atom. The third kappa shape index (κ3) is 54.5. The van der Waals surface area contributed by atoms with Crippen molar-refractivity contribution >= 4 is 17.9 Å². The number of ether oxygens (including phenoxy) is 3. The van der Waals surface area contributed by atoms with E-state index in [9.17, 15) is 14.4 Å². The second-order valence-corrected chi connectivity index (χ2v) is 18.1. The SMILES string of the molecule is CC/C=C\C/C=C\C/C=C\C/C=C\C/C=C\C/C=C\C/C=C\CCCCCCCC(=O)OCC(COC(=O)CCCCCCC/C=C\CCC)OC(=O)CCCCCCC/C=C\C/C=C\C/C=C\CC. The molecule has 0 aromatic carbocycles. The normalized spacial score (nSPS) is 13.1. The molecule has 0 fully saturated rings. The summed E-state index contributed by atoms with van der Waals surface area (Å²) >= 11 is 0. The molecule has 0 saturated heterocycles. The van der Waals surface area contributed by atoms with Crippen LogP contribution < -0.4 is 0 Å². The number of hydrogen-bond acceptors (Lipinski definition) is 6. The number of esters is 3. The lowest BCUT2D eigenvalue weighted by atomic mass is 10.1. The summed E-state index contributed by atoms with van der Waals surface area (Å²) in [5.41, 5.74) is 0. The molecule has 0 spiro atoms. The quantitative estimate of drug-likeness (QED) is 0.0262. The van der Waals surface area contributed by atoms with Gasteiger partial charge in [-0.1, -0.05) is 219 Å². The minimum absolute atomic E-state index is 0.100. The molecular formula is C64H102O6. The van der Waals surface area contributed by atoms with E-state index >= 15 is 0 Å². The van der Waals surface area contributed by atoms with E-state index in [2.05, 4.69) is 154 Å². The summed E-state index contributed by atoms with van der Waals surface area (Å²) in [5, 5.41) is 0. The Bertz CT molecular complexity index is 1530. The molecule has 1 atom stereocenters. The number of allylic oxidation sites excluding steroid dienone is 22. The molecule has 0 aromatic rings. The molecule has 394 valence electrons. The second-order valence-electron chi connectivity index (χ2n) is 18.1. The van der Waals surface area contributed by atoms with Crippen LogP contribution in [0.5, 0.6) is 0 Å². The maximum atomic E-state index is 12.8. The molecule has 0 bridgehead atoms. The molecule has 0 aliphatic rings. The van der Waals surface area contributed by atoms with Crippen LogP contribution in [0, 0.1) is 0 Å². The average Bonchev–Trinajstić information content (AvgIpc) is 3.36. The second kappa shape index (κ2) is 57.1. The van der Waals surface area contributed by atoms with Crippen molar-refractivity contribution in [2.45, 2.75) is 239 Å². The van der Waals surface area contributed by atoms with Crippen LogP contribution in [0.25, 0.3) is 0 Å². The first kappa shape index (κ1) is 65.5. The van der Waals surface area contributed by atoms with Gasteiger partial charge in [0, 0.05) is 19.3 Å². The minimum atomic E-state index is -0.803. The Kier molecular flexibility index (Phi) is 53.5. The maximum Gasteiger partial charge on any atom is 0.306 e. The van der Waals surface area contributed by atoms with Gasteiger partial charge in [-0.2, -0.15) is 0 Å². The lowest BCUT2D eigenvalue weighted by Crippen LogP contribution is -2.30. The van der Waals surface area contributed by atoms with Gasteiger partial charge < -0.3 is 14.2 Å². The molecule has 0 N–H and O–H groups in total. The monoisotopic (exact) mass is 967 g/mol. The molecule has 0 radical (unpaired) electrons. The van der Waals surface area contributed by atoms with Gasteiger partial charge in [-0.3, -0.25) is 14.4 Å². The van der Waals surface area contributed by atoms with Crippen molar-refractivity contribution in [1.29, 1.82) is 0 Å². The lowest BCUT2D eigenvalue weighted by molar-refractivity contribution is -0.167. The van der Waals surface area contributed by atoms with E-state index in [0.717, 1.165) is 180 Å². The Labute approximate surface area is 430 Å². The van der Waals surface area contributed by atoms with Crippen molar-refractivity contribution in [2.75, 3.05) is 13.2 Å². The zero-order valence-corrected chi connectivity index (χ0v) is 45.0. The number of hydrogen-bond donors (Lipinski definition) is 0. The van der Waals surface area contributed by atoms with Crippen LogP contribution in [0.1, 0.15) is 233 Å². The molecule has 1 unspecified atom stereocenters. The fraction of sp³-hybridized carbons (Fsp3) is 0.609. The van der Waals surface area contributed by atoms with Crippen molar-refractivity contribution in [3.63, 3.8) is 0 Å². The van der Waals surface area contributed by atoms with E-state index in [1.807, 2.05) is 0 Å². The van der Waals surface area contributed by atoms with Crippen LogP contribution in [0.4, 0.5) is 0 Å². The maximum absolute atomic E-state index is 12.8. The summed E-state index contributed by atoms with van der Waals surface area (Å²) in [6.07, 6.45) is 80.2. The van der Waals surface area contributed by atoms with Gasteiger partial charge >= 0.3 is 17.9 Å². The fourth-order valence-corrected chi connectivity index (χ4v) is 7.20. The van der Waals surface area contributed by atoms with E-state index in [0.29, 0.717) is 19.3 Å². The zero-order chi connectivity index (χ0) is 50.7. The Morgan fingerprint density at radius 2 is 0.557 bits per heavy atom. The summed E-state index contributed by atoms with van der Waals surface area (Å²) in [6, 6.07) is 0. The van der Waals surface area contributed by atoms with E-state index in [4.69, 9.17) is 14.2 Å². The molecule has 0 amide bonds. The van der Waals surface area contributed by atoms with Gasteiger partial charge in [-0.25, -0.2) is 0 Å². The fourth-order valence-electron chi connectivity index (χ4n) is 7.20. The molecular weight excluding hydrogens is 865 g/mol. The van der Waals surface area contributed by atoms with Crippen molar-refractivity contribution in [2.24, 2.45) is 0 Å². The summed E-state index contributed by atoms with van der Waals surface area (Å²) in [4.78, 5) is 38.0. The average molecular weight is 968 g/mol. The van der Waals surface area contributed by atoms with Gasteiger partial charge in [0.1, 0.15) is 13.2 Å². The van der Waals surface area contributed by atoms with Gasteiger partial charge in [-0.05, 0) is 128 Å². The Hall–Kier alpha value is -4.45. The highest BCUT2D eigenvalue weighted by Gasteiger charge is 2.19. The summed E-state index contributed by atoms with van der Waals surface area (Å²) in [6.45, 7) is 6.30. The topological polar surface area (TPSA) is 78.9 Å². The van der Waals surface area contributed by atoms with Crippen LogP contribution in [0.2, 0.25) is 0 Å². The molecule has 0 aromatic heterocycles. The predicted octanol–water partition coefficient (Wildman–Crippen LogP) is 19.0. The molecule has 6 heteroatoms. The largest absolute Gasteiger partial charge is 0.462 e. The predicted molar refractivity (Wildman–Crippen MR) is 302 cm³/mol. The standard InChI is InChI=1S/C64H102O6/c1-4-7-10-13-16-19-22-24-26-27-28-29-30-31-32-33-34-35-36-37-39-40-42-45-48-51-54-57-63(66)69-60-61(59-68-62(65)56-53-50-47-44-21-18-15-12-9-6-3)70-64(67)58-55-52-49-46-43-41-38-25-23-20-17-14-11-8-5-2/h7-8,10-12,15-17,19-20,24-26,28-29,31-32,34-35,37-39,61H,4-6,9,13-14,18,21-23,27,30,33,36,40-60H2,1-3H3/b10-7-,11-8-,15-12-,19-16-,20-17-,26-24-,29-28-,32-31-,35-34-,38-25-,39-37-. The first-order valence-electron chi connectivity index (χ1n) is 28.2. The van der Waals surface area contributed by atoms with Gasteiger partial charge in [0.05, 0.1) is 0 Å². The first-order valence-corrected chi connectivity index (χ1v) is 28.2. The number of unbranched alkanes of at least 4 members (excludes halogenated alkanes) is 16. The van der Waals surface area contributed by atoms with Crippen molar-refractivity contribution in [3.8, 4) is 0 Å². The molecule has 6 nitrogen and oxygen atoms in total. The van der Waals surface area contributed by atoms with Crippen LogP contribution >= 0.6 is 0 Å². The van der Waals surface area contributed by atoms with Crippen molar-refractivity contribution < 1.29 is 28.6 Å². The van der Waals surface area contributed by atoms with Crippen LogP contribution in [0.15, 0.2) is 134 Å². The third-order valence-electron chi connectivity index (χ3n) is 11.4. The third-order valence-corrected chi connectivity index (χ3v) is 11.4. The highest BCUT2D eigenvalue weighted by molar-refractivity contribution is 5.71. The van der Waals surface area contributed by atoms with Gasteiger partial charge in [0.2, 0.25) is 0 Å². The minimum Gasteiger partial charge on any atom is -0.462 e. The van der Waals surface area contributed by atoms with Crippen LogP contribution in [-0.2, 0) is 28.6 Å². The lowest BCUT2D eigenvalue weighted by Gasteiger charge is -2.18. The van der Waals surface area contributed by atoms with Crippen molar-refractivity contribution in [3.05, 3.63) is 134 Å². The van der Waals surface area contributed by atoms with Crippen LogP contribution in [-0.4, -0.2) is 37.2 Å². The molecule has 0 aliphatic carbocycles. The number of carbonyl (C=O) groups excluding carboxylic acids is 3. The molecule has 70 heavy (non-hydrogen) atoms. The number of carbonyl (C=O) groups is 3. The highest BCUT2D eigenvalue weighted by Crippen LogP contribution is 2.13. The zero-order valence-electron chi connectivity index (χ0n) is 45.0. The van der Waals surface area contributed by atoms with E-state index < -0.39 is 6.10 Å². The Morgan fingerprint density at radius 1 is 0.300 bits per heavy atom. The molecule has 0 heterocycles. The Balaban J connectivity index is 4.36. The van der Waals surface area contributed by atoms with Crippen molar-refractivity contribution in [1.82, 2.24) is 0 Å². The van der Waals surface area contributed by atoms with Gasteiger partial charge in [0.25, 0.3) is 0 Å². The van der Waals surface area contributed by atoms with E-state index in [-0.39, 0.29) is 31.1 Å².